The first-order chi connectivity index (χ1) is 9.00. The molecule has 0 bridgehead atoms. The molecule has 0 unspecified atom stereocenters. The lowest BCUT2D eigenvalue weighted by Gasteiger charge is -2.33. The van der Waals surface area contributed by atoms with Crippen LogP contribution in [0.2, 0.25) is 0 Å². The maximum absolute atomic E-state index is 12.0. The van der Waals surface area contributed by atoms with Crippen molar-refractivity contribution in [1.82, 2.24) is 10.3 Å². The number of carbonyl (C=O) groups is 1. The molecule has 1 amide bonds. The quantitative estimate of drug-likeness (QED) is 0.878. The SMILES string of the molecule is Cc1cc(=O)c(C(=O)NCC2(C)CCCCC2)c[nH]1. The number of nitrogens with one attached hydrogen (secondary N) is 2. The summed E-state index contributed by atoms with van der Waals surface area (Å²) in [5.41, 5.74) is 0.930. The number of rotatable bonds is 3. The first-order valence-electron chi connectivity index (χ1n) is 6.98. The topological polar surface area (TPSA) is 62.0 Å². The van der Waals surface area contributed by atoms with E-state index in [2.05, 4.69) is 17.2 Å². The zero-order chi connectivity index (χ0) is 13.9. The molecule has 0 aromatic carbocycles. The number of amides is 1. The van der Waals surface area contributed by atoms with Gasteiger partial charge in [0.15, 0.2) is 5.43 Å². The van der Waals surface area contributed by atoms with Gasteiger partial charge in [0.2, 0.25) is 0 Å². The van der Waals surface area contributed by atoms with Gasteiger partial charge >= 0.3 is 0 Å². The molecule has 1 saturated carbocycles. The van der Waals surface area contributed by atoms with Crippen molar-refractivity contribution >= 4 is 5.91 Å². The Bertz CT molecular complexity index is 513. The van der Waals surface area contributed by atoms with E-state index >= 15 is 0 Å². The number of aromatic nitrogens is 1. The number of aryl methyl sites for hydroxylation is 1. The van der Waals surface area contributed by atoms with E-state index in [1.54, 1.807) is 6.92 Å². The van der Waals surface area contributed by atoms with Crippen LogP contribution in [0.15, 0.2) is 17.1 Å². The summed E-state index contributed by atoms with van der Waals surface area (Å²) in [4.78, 5) is 26.7. The first kappa shape index (κ1) is 13.8. The lowest BCUT2D eigenvalue weighted by atomic mass is 9.76. The highest BCUT2D eigenvalue weighted by Crippen LogP contribution is 2.34. The van der Waals surface area contributed by atoms with E-state index in [4.69, 9.17) is 0 Å². The summed E-state index contributed by atoms with van der Waals surface area (Å²) in [6, 6.07) is 1.46. The van der Waals surface area contributed by atoms with Gasteiger partial charge in [0.05, 0.1) is 0 Å². The normalized spacial score (nSPS) is 18.0. The summed E-state index contributed by atoms with van der Waals surface area (Å²) in [6.07, 6.45) is 7.56. The summed E-state index contributed by atoms with van der Waals surface area (Å²) < 4.78 is 0. The largest absolute Gasteiger partial charge is 0.364 e. The highest BCUT2D eigenvalue weighted by atomic mass is 16.2. The summed E-state index contributed by atoms with van der Waals surface area (Å²) in [5.74, 6) is -0.270. The third-order valence-corrected chi connectivity index (χ3v) is 4.04. The van der Waals surface area contributed by atoms with Gasteiger partial charge in [-0.15, -0.1) is 0 Å². The van der Waals surface area contributed by atoms with Crippen LogP contribution in [0.5, 0.6) is 0 Å². The molecular weight excluding hydrogens is 240 g/mol. The Morgan fingerprint density at radius 2 is 2.05 bits per heavy atom. The Morgan fingerprint density at radius 3 is 2.68 bits per heavy atom. The van der Waals surface area contributed by atoms with Gasteiger partial charge < -0.3 is 10.3 Å². The van der Waals surface area contributed by atoms with Gasteiger partial charge in [-0.25, -0.2) is 0 Å². The molecule has 4 nitrogen and oxygen atoms in total. The van der Waals surface area contributed by atoms with Crippen molar-refractivity contribution in [2.24, 2.45) is 5.41 Å². The van der Waals surface area contributed by atoms with E-state index in [1.807, 2.05) is 0 Å². The zero-order valence-corrected chi connectivity index (χ0v) is 11.7. The van der Waals surface area contributed by atoms with Crippen LogP contribution < -0.4 is 10.7 Å². The Morgan fingerprint density at radius 1 is 1.37 bits per heavy atom. The van der Waals surface area contributed by atoms with E-state index in [0.29, 0.717) is 6.54 Å². The van der Waals surface area contributed by atoms with Crippen LogP contribution in [0.25, 0.3) is 0 Å². The molecule has 104 valence electrons. The summed E-state index contributed by atoms with van der Waals surface area (Å²) >= 11 is 0. The third-order valence-electron chi connectivity index (χ3n) is 4.04. The first-order valence-corrected chi connectivity index (χ1v) is 6.98. The van der Waals surface area contributed by atoms with Crippen LogP contribution in [0.1, 0.15) is 55.1 Å². The molecular formula is C15H22N2O2. The molecule has 0 aliphatic heterocycles. The standard InChI is InChI=1S/C15H22N2O2/c1-11-8-13(18)12(9-16-11)14(19)17-10-15(2)6-4-3-5-7-15/h8-9H,3-7,10H2,1-2H3,(H,16,18)(H,17,19). The van der Waals surface area contributed by atoms with Crippen molar-refractivity contribution in [2.45, 2.75) is 46.0 Å². The average Bonchev–Trinajstić information content (AvgIpc) is 2.37. The number of carbonyl (C=O) groups excluding carboxylic acids is 1. The highest BCUT2D eigenvalue weighted by Gasteiger charge is 2.27. The average molecular weight is 262 g/mol. The molecule has 2 N–H and O–H groups in total. The second-order valence-corrected chi connectivity index (χ2v) is 5.95. The third kappa shape index (κ3) is 3.46. The molecule has 4 heteroatoms. The Kier molecular flexibility index (Phi) is 4.08. The number of aromatic amines is 1. The zero-order valence-electron chi connectivity index (χ0n) is 11.7. The minimum atomic E-state index is -0.270. The smallest absolute Gasteiger partial charge is 0.256 e. The molecule has 1 aliphatic rings. The molecule has 2 rings (SSSR count). The Hall–Kier alpha value is -1.58. The summed E-state index contributed by atoms with van der Waals surface area (Å²) in [7, 11) is 0. The molecule has 0 atom stereocenters. The predicted octanol–water partition coefficient (Wildman–Crippen LogP) is 2.38. The van der Waals surface area contributed by atoms with Gasteiger partial charge in [0.1, 0.15) is 5.56 Å². The molecule has 1 fully saturated rings. The van der Waals surface area contributed by atoms with Crippen molar-refractivity contribution in [1.29, 1.82) is 0 Å². The van der Waals surface area contributed by atoms with Crippen molar-refractivity contribution < 1.29 is 4.79 Å². The van der Waals surface area contributed by atoms with Gasteiger partial charge in [-0.05, 0) is 25.2 Å². The number of hydrogen-bond donors (Lipinski definition) is 2. The second-order valence-electron chi connectivity index (χ2n) is 5.95. The number of hydrogen-bond acceptors (Lipinski definition) is 2. The fourth-order valence-electron chi connectivity index (χ4n) is 2.72. The van der Waals surface area contributed by atoms with Crippen molar-refractivity contribution in [2.75, 3.05) is 6.54 Å². The van der Waals surface area contributed by atoms with E-state index in [-0.39, 0.29) is 22.3 Å². The summed E-state index contributed by atoms with van der Waals surface area (Å²) in [5, 5.41) is 2.91. The Labute approximate surface area is 113 Å². The fraction of sp³-hybridized carbons (Fsp3) is 0.600. The van der Waals surface area contributed by atoms with Gasteiger partial charge in [0, 0.05) is 24.5 Å². The van der Waals surface area contributed by atoms with Crippen LogP contribution in [0, 0.1) is 12.3 Å². The van der Waals surface area contributed by atoms with Gasteiger partial charge in [0.25, 0.3) is 5.91 Å². The molecule has 0 saturated heterocycles. The fourth-order valence-corrected chi connectivity index (χ4v) is 2.72. The Balaban J connectivity index is 1.99. The van der Waals surface area contributed by atoms with Crippen LogP contribution in [-0.4, -0.2) is 17.4 Å². The molecule has 1 aromatic rings. The van der Waals surface area contributed by atoms with Gasteiger partial charge in [-0.2, -0.15) is 0 Å². The van der Waals surface area contributed by atoms with Gasteiger partial charge in [-0.1, -0.05) is 26.2 Å². The molecule has 1 aliphatic carbocycles. The molecule has 1 heterocycles. The van der Waals surface area contributed by atoms with E-state index in [0.717, 1.165) is 18.5 Å². The van der Waals surface area contributed by atoms with Crippen LogP contribution in [0.3, 0.4) is 0 Å². The minimum absolute atomic E-state index is 0.186. The van der Waals surface area contributed by atoms with Crippen LogP contribution >= 0.6 is 0 Å². The monoisotopic (exact) mass is 262 g/mol. The maximum Gasteiger partial charge on any atom is 0.256 e. The van der Waals surface area contributed by atoms with E-state index in [1.165, 1.54) is 31.5 Å². The van der Waals surface area contributed by atoms with Crippen molar-refractivity contribution in [3.8, 4) is 0 Å². The molecule has 1 aromatic heterocycles. The van der Waals surface area contributed by atoms with Gasteiger partial charge in [-0.3, -0.25) is 9.59 Å². The summed E-state index contributed by atoms with van der Waals surface area (Å²) in [6.45, 7) is 4.66. The lowest BCUT2D eigenvalue weighted by Crippen LogP contribution is -2.38. The van der Waals surface area contributed by atoms with Crippen LogP contribution in [0.4, 0.5) is 0 Å². The molecule has 19 heavy (non-hydrogen) atoms. The maximum atomic E-state index is 12.0. The number of H-pyrrole nitrogens is 1. The second kappa shape index (κ2) is 5.59. The van der Waals surface area contributed by atoms with Crippen LogP contribution in [-0.2, 0) is 0 Å². The number of pyridine rings is 1. The van der Waals surface area contributed by atoms with Crippen molar-refractivity contribution in [3.05, 3.63) is 33.7 Å². The molecule has 0 radical (unpaired) electrons. The molecule has 0 spiro atoms. The lowest BCUT2D eigenvalue weighted by molar-refractivity contribution is 0.0918. The highest BCUT2D eigenvalue weighted by molar-refractivity contribution is 5.93. The van der Waals surface area contributed by atoms with E-state index in [9.17, 15) is 9.59 Å². The minimum Gasteiger partial charge on any atom is -0.364 e. The van der Waals surface area contributed by atoms with Crippen molar-refractivity contribution in [3.63, 3.8) is 0 Å². The van der Waals surface area contributed by atoms with E-state index < -0.39 is 0 Å². The predicted molar refractivity (Wildman–Crippen MR) is 75.3 cm³/mol.